The fourth-order valence-corrected chi connectivity index (χ4v) is 5.79. The maximum absolute atomic E-state index is 13.3. The molecule has 6 rings (SSSR count). The maximum atomic E-state index is 13.3. The summed E-state index contributed by atoms with van der Waals surface area (Å²) in [7, 11) is 0.213. The van der Waals surface area contributed by atoms with E-state index >= 15 is 0 Å². The Morgan fingerprint density at radius 3 is 2.55 bits per heavy atom. The average molecular weight is 612 g/mol. The van der Waals surface area contributed by atoms with Crippen LogP contribution in [0.4, 0.5) is 5.82 Å². The number of anilines is 1. The first kappa shape index (κ1) is 29.0. The Kier molecular flexibility index (Phi) is 7.35. The van der Waals surface area contributed by atoms with E-state index in [9.17, 15) is 13.2 Å². The lowest BCUT2D eigenvalue weighted by atomic mass is 9.94. The molecule has 12 nitrogen and oxygen atoms in total. The highest BCUT2D eigenvalue weighted by Crippen LogP contribution is 2.39. The highest BCUT2D eigenvalue weighted by Gasteiger charge is 2.27. The number of hydrogen-bond donors (Lipinski definition) is 1. The van der Waals surface area contributed by atoms with Gasteiger partial charge in [0.1, 0.15) is 29.6 Å². The van der Waals surface area contributed by atoms with E-state index in [0.29, 0.717) is 33.4 Å². The van der Waals surface area contributed by atoms with E-state index in [1.165, 1.54) is 24.8 Å². The first-order chi connectivity index (χ1) is 21.0. The molecular weight excluding hydrogens is 582 g/mol. The summed E-state index contributed by atoms with van der Waals surface area (Å²) < 4.78 is 36.3. The van der Waals surface area contributed by atoms with Crippen LogP contribution in [0.2, 0.25) is 0 Å². The number of pyridine rings is 1. The van der Waals surface area contributed by atoms with Gasteiger partial charge < -0.3 is 19.2 Å². The van der Waals surface area contributed by atoms with Crippen molar-refractivity contribution in [3.63, 3.8) is 0 Å². The van der Waals surface area contributed by atoms with Crippen molar-refractivity contribution in [1.29, 1.82) is 0 Å². The molecule has 0 unspecified atom stereocenters. The largest absolute Gasteiger partial charge is 0.424 e. The van der Waals surface area contributed by atoms with Gasteiger partial charge in [-0.25, -0.2) is 19.4 Å². The molecule has 0 fully saturated rings. The van der Waals surface area contributed by atoms with Crippen LogP contribution >= 0.6 is 0 Å². The van der Waals surface area contributed by atoms with Crippen LogP contribution in [-0.2, 0) is 16.7 Å². The van der Waals surface area contributed by atoms with Crippen LogP contribution in [0.5, 0.6) is 5.75 Å². The molecule has 44 heavy (non-hydrogen) atoms. The van der Waals surface area contributed by atoms with Crippen molar-refractivity contribution < 1.29 is 17.0 Å². The maximum Gasteiger partial charge on any atom is 0.343 e. The summed E-state index contributed by atoms with van der Waals surface area (Å²) in [5.74, 6) is 0.558. The summed E-state index contributed by atoms with van der Waals surface area (Å²) in [5, 5.41) is 6.49. The van der Waals surface area contributed by atoms with E-state index in [1.54, 1.807) is 16.8 Å². The van der Waals surface area contributed by atoms with Crippen LogP contribution in [0, 0.1) is 0 Å². The van der Waals surface area contributed by atoms with E-state index in [1.807, 2.05) is 45.3 Å². The number of benzene rings is 2. The minimum atomic E-state index is -3.79. The van der Waals surface area contributed by atoms with Gasteiger partial charge in [0.2, 0.25) is 0 Å². The molecule has 2 aromatic carbocycles. The van der Waals surface area contributed by atoms with E-state index in [2.05, 4.69) is 32.0 Å². The monoisotopic (exact) mass is 611 g/mol. The van der Waals surface area contributed by atoms with E-state index in [-0.39, 0.29) is 11.6 Å². The third-order valence-corrected chi connectivity index (χ3v) is 7.57. The van der Waals surface area contributed by atoms with Gasteiger partial charge in [0.05, 0.1) is 23.2 Å². The number of nitrogens with zero attached hydrogens (tertiary/aromatic N) is 6. The van der Waals surface area contributed by atoms with Gasteiger partial charge in [-0.15, -0.1) is 0 Å². The third kappa shape index (κ3) is 5.50. The molecule has 0 aliphatic carbocycles. The molecule has 1 atom stereocenters. The lowest BCUT2D eigenvalue weighted by Gasteiger charge is -2.19. The normalized spacial score (nSPS) is 12.7. The van der Waals surface area contributed by atoms with Gasteiger partial charge in [0, 0.05) is 29.3 Å². The van der Waals surface area contributed by atoms with Crippen LogP contribution < -0.4 is 15.5 Å². The van der Waals surface area contributed by atoms with Gasteiger partial charge in [-0.05, 0) is 50.3 Å². The Morgan fingerprint density at radius 2 is 1.80 bits per heavy atom. The molecule has 0 spiro atoms. The van der Waals surface area contributed by atoms with Crippen LogP contribution in [0.3, 0.4) is 0 Å². The predicted molar refractivity (Wildman–Crippen MR) is 168 cm³/mol. The first-order valence-corrected chi connectivity index (χ1v) is 15.4. The van der Waals surface area contributed by atoms with Gasteiger partial charge in [-0.3, -0.25) is 4.98 Å². The fraction of sp³-hybridized carbons (Fsp3) is 0.194. The van der Waals surface area contributed by atoms with Gasteiger partial charge >= 0.3 is 15.7 Å². The Bertz CT molecular complexity index is 2210. The zero-order valence-electron chi connectivity index (χ0n) is 24.4. The first-order valence-electron chi connectivity index (χ1n) is 13.6. The van der Waals surface area contributed by atoms with E-state index in [0.717, 1.165) is 34.9 Å². The minimum Gasteiger partial charge on any atom is -0.424 e. The van der Waals surface area contributed by atoms with Crippen LogP contribution in [0.1, 0.15) is 24.3 Å². The molecule has 4 aromatic heterocycles. The molecule has 13 heteroatoms. The van der Waals surface area contributed by atoms with E-state index < -0.39 is 21.8 Å². The zero-order valence-corrected chi connectivity index (χ0v) is 25.2. The highest BCUT2D eigenvalue weighted by molar-refractivity contribution is 7.86. The smallest absolute Gasteiger partial charge is 0.343 e. The molecule has 0 aliphatic heterocycles. The second-order valence-electron chi connectivity index (χ2n) is 10.7. The molecular formula is C31H29N7O5S. The van der Waals surface area contributed by atoms with Gasteiger partial charge in [0.15, 0.2) is 11.4 Å². The predicted octanol–water partition coefficient (Wildman–Crippen LogP) is 4.25. The summed E-state index contributed by atoms with van der Waals surface area (Å²) in [6.07, 6.45) is 5.07. The van der Waals surface area contributed by atoms with E-state index in [4.69, 9.17) is 19.4 Å². The standard InChI is InChI=1S/C31H29N7O5S/c1-18(28-25(20-9-7-8-19(12-20)16-37(2)3)23-10-5-6-11-24(23)31(39)42-28)38-30-26(29(32)34-17-35-30)27(36-38)21-13-22(15-33-14-21)43-44(4,40)41/h5-15,17-18H,16H2,1-4H3,(H2,32,34,35)/t18-/m0/s1. The van der Waals surface area contributed by atoms with Crippen molar-refractivity contribution >= 4 is 37.7 Å². The zero-order chi connectivity index (χ0) is 31.2. The molecule has 0 saturated heterocycles. The number of aromatic nitrogens is 5. The van der Waals surface area contributed by atoms with Crippen molar-refractivity contribution in [1.82, 2.24) is 29.6 Å². The fourth-order valence-electron chi connectivity index (χ4n) is 5.35. The summed E-state index contributed by atoms with van der Waals surface area (Å²) >= 11 is 0. The lowest BCUT2D eigenvalue weighted by molar-refractivity contribution is 0.402. The van der Waals surface area contributed by atoms with Crippen molar-refractivity contribution in [2.45, 2.75) is 19.5 Å². The van der Waals surface area contributed by atoms with Crippen molar-refractivity contribution in [3.05, 3.63) is 95.1 Å². The topological polar surface area (TPSA) is 159 Å². The molecule has 224 valence electrons. The summed E-state index contributed by atoms with van der Waals surface area (Å²) in [4.78, 5) is 28.2. The lowest BCUT2D eigenvalue weighted by Crippen LogP contribution is -2.15. The number of nitrogens with two attached hydrogens (primary N) is 1. The van der Waals surface area contributed by atoms with Gasteiger partial charge in [-0.1, -0.05) is 36.4 Å². The Morgan fingerprint density at radius 1 is 1.02 bits per heavy atom. The SMILES string of the molecule is C[C@@H](c1oc(=O)c2ccccc2c1-c1cccc(CN(C)C)c1)n1nc(-c2cncc(OS(C)(=O)=O)c2)c2c(N)ncnc21. The molecule has 4 heterocycles. The second kappa shape index (κ2) is 11.2. The quantitative estimate of drug-likeness (QED) is 0.245. The molecule has 0 bridgehead atoms. The molecule has 0 radical (unpaired) electrons. The highest BCUT2D eigenvalue weighted by atomic mass is 32.2. The second-order valence-corrected chi connectivity index (χ2v) is 12.3. The summed E-state index contributed by atoms with van der Waals surface area (Å²) in [6, 6.07) is 16.3. The molecule has 0 aliphatic rings. The van der Waals surface area contributed by atoms with Crippen molar-refractivity contribution in [3.8, 4) is 28.1 Å². The molecule has 0 saturated carbocycles. The van der Waals surface area contributed by atoms with Gasteiger partial charge in [-0.2, -0.15) is 13.5 Å². The van der Waals surface area contributed by atoms with Crippen LogP contribution in [0.15, 0.2) is 82.5 Å². The van der Waals surface area contributed by atoms with Gasteiger partial charge in [0.25, 0.3) is 0 Å². The number of rotatable bonds is 8. The average Bonchev–Trinajstić information content (AvgIpc) is 3.37. The number of hydrogen-bond acceptors (Lipinski definition) is 11. The summed E-state index contributed by atoms with van der Waals surface area (Å²) in [6.45, 7) is 2.59. The minimum absolute atomic E-state index is 0.0107. The van der Waals surface area contributed by atoms with Crippen molar-refractivity contribution in [2.75, 3.05) is 26.1 Å². The van der Waals surface area contributed by atoms with Crippen LogP contribution in [-0.4, -0.2) is 58.4 Å². The molecule has 0 amide bonds. The molecule has 2 N–H and O–H groups in total. The summed E-state index contributed by atoms with van der Waals surface area (Å²) in [5.41, 5.74) is 9.76. The number of nitrogen functional groups attached to an aromatic ring is 1. The third-order valence-electron chi connectivity index (χ3n) is 7.08. The Hall–Kier alpha value is -5.14. The Balaban J connectivity index is 1.58. The molecule has 6 aromatic rings. The Labute approximate surface area is 252 Å². The van der Waals surface area contributed by atoms with Crippen LogP contribution in [0.25, 0.3) is 44.2 Å². The van der Waals surface area contributed by atoms with Crippen molar-refractivity contribution in [2.24, 2.45) is 0 Å². The number of fused-ring (bicyclic) bond motifs is 2.